The fourth-order valence-electron chi connectivity index (χ4n) is 1.25. The molecule has 1 aliphatic heterocycles. The van der Waals surface area contributed by atoms with Crippen LogP contribution in [0.3, 0.4) is 0 Å². The van der Waals surface area contributed by atoms with Crippen LogP contribution in [0.5, 0.6) is 0 Å². The molecule has 60 valence electrons. The van der Waals surface area contributed by atoms with E-state index in [4.69, 9.17) is 0 Å². The summed E-state index contributed by atoms with van der Waals surface area (Å²) in [7, 11) is 0. The first-order chi connectivity index (χ1) is 4.31. The van der Waals surface area contributed by atoms with Crippen molar-refractivity contribution in [2.24, 2.45) is 0 Å². The number of hydrogen-bond acceptors (Lipinski definition) is 2. The molecule has 0 aromatic rings. The molecule has 1 rings (SSSR count). The van der Waals surface area contributed by atoms with E-state index in [0.717, 1.165) is 13.1 Å². The number of β-amino-alcohol motifs (C(OH)–C–C–N with tert-alkyl or cyclic N) is 1. The maximum Gasteiger partial charge on any atom is 0.0872 e. The molecule has 0 bridgehead atoms. The third kappa shape index (κ3) is 1.50. The van der Waals surface area contributed by atoms with Crippen LogP contribution >= 0.6 is 0 Å². The molecule has 0 spiro atoms. The van der Waals surface area contributed by atoms with E-state index in [1.54, 1.807) is 0 Å². The summed E-state index contributed by atoms with van der Waals surface area (Å²) in [5.74, 6) is 0. The average molecular weight is 143 g/mol. The summed E-state index contributed by atoms with van der Waals surface area (Å²) in [5, 5.41) is 9.41. The van der Waals surface area contributed by atoms with Gasteiger partial charge >= 0.3 is 0 Å². The topological polar surface area (TPSA) is 23.5 Å². The molecule has 0 atom stereocenters. The molecule has 10 heavy (non-hydrogen) atoms. The van der Waals surface area contributed by atoms with Gasteiger partial charge in [-0.25, -0.2) is 0 Å². The zero-order valence-corrected chi connectivity index (χ0v) is 7.31. The van der Waals surface area contributed by atoms with Crippen LogP contribution in [0.4, 0.5) is 0 Å². The van der Waals surface area contributed by atoms with Crippen LogP contribution in [-0.2, 0) is 0 Å². The van der Waals surface area contributed by atoms with Gasteiger partial charge in [0.05, 0.1) is 5.60 Å². The van der Waals surface area contributed by atoms with Gasteiger partial charge in [0.25, 0.3) is 0 Å². The van der Waals surface area contributed by atoms with Crippen molar-refractivity contribution in [3.63, 3.8) is 0 Å². The highest BCUT2D eigenvalue weighted by molar-refractivity contribution is 4.96. The molecule has 0 saturated carbocycles. The Bertz CT molecular complexity index is 127. The van der Waals surface area contributed by atoms with Gasteiger partial charge in [-0.3, -0.25) is 4.90 Å². The molecule has 0 aromatic heterocycles. The van der Waals surface area contributed by atoms with Crippen LogP contribution in [0.15, 0.2) is 0 Å². The third-order valence-electron chi connectivity index (χ3n) is 2.01. The highest BCUT2D eigenvalue weighted by atomic mass is 16.3. The van der Waals surface area contributed by atoms with E-state index in [1.807, 2.05) is 6.92 Å². The summed E-state index contributed by atoms with van der Waals surface area (Å²) in [5.41, 5.74) is -0.199. The fourth-order valence-corrected chi connectivity index (χ4v) is 1.25. The van der Waals surface area contributed by atoms with Crippen molar-refractivity contribution in [3.05, 3.63) is 0 Å². The van der Waals surface area contributed by atoms with Crippen molar-refractivity contribution in [3.8, 4) is 0 Å². The molecule has 1 saturated heterocycles. The van der Waals surface area contributed by atoms with Gasteiger partial charge in [0, 0.05) is 18.6 Å². The quantitative estimate of drug-likeness (QED) is 0.543. The molecule has 0 aromatic carbocycles. The van der Waals surface area contributed by atoms with Gasteiger partial charge in [0.1, 0.15) is 0 Å². The molecule has 1 aliphatic rings. The first-order valence-corrected chi connectivity index (χ1v) is 3.79. The second kappa shape index (κ2) is 1.95. The lowest BCUT2D eigenvalue weighted by Crippen LogP contribution is -2.65. The normalized spacial score (nSPS) is 26.1. The van der Waals surface area contributed by atoms with Crippen molar-refractivity contribution in [2.45, 2.75) is 38.8 Å². The van der Waals surface area contributed by atoms with Gasteiger partial charge < -0.3 is 5.11 Å². The summed E-state index contributed by atoms with van der Waals surface area (Å²) in [6.07, 6.45) is 0. The molecular formula is C8H17NO. The summed E-state index contributed by atoms with van der Waals surface area (Å²) in [4.78, 5) is 2.27. The van der Waals surface area contributed by atoms with E-state index in [2.05, 4.69) is 25.7 Å². The van der Waals surface area contributed by atoms with Crippen LogP contribution in [0, 0.1) is 0 Å². The summed E-state index contributed by atoms with van der Waals surface area (Å²) in [6.45, 7) is 10.0. The Kier molecular flexibility index (Phi) is 1.57. The van der Waals surface area contributed by atoms with Gasteiger partial charge in [-0.2, -0.15) is 0 Å². The van der Waals surface area contributed by atoms with Crippen LogP contribution in [-0.4, -0.2) is 34.2 Å². The van der Waals surface area contributed by atoms with Gasteiger partial charge in [-0.1, -0.05) is 0 Å². The molecule has 2 heteroatoms. The standard InChI is InChI=1S/C8H17NO/c1-7(2,3)9-5-8(4,10)6-9/h10H,5-6H2,1-4H3. The lowest BCUT2D eigenvalue weighted by molar-refractivity contribution is -0.119. The first-order valence-electron chi connectivity index (χ1n) is 3.79. The largest absolute Gasteiger partial charge is 0.388 e. The van der Waals surface area contributed by atoms with Crippen molar-refractivity contribution in [1.29, 1.82) is 0 Å². The second-order valence-electron chi connectivity index (χ2n) is 4.52. The van der Waals surface area contributed by atoms with Gasteiger partial charge in [0.15, 0.2) is 0 Å². The van der Waals surface area contributed by atoms with Crippen molar-refractivity contribution in [1.82, 2.24) is 4.90 Å². The number of hydrogen-bond donors (Lipinski definition) is 1. The molecule has 1 heterocycles. The fraction of sp³-hybridized carbons (Fsp3) is 1.00. The van der Waals surface area contributed by atoms with Crippen molar-refractivity contribution >= 4 is 0 Å². The smallest absolute Gasteiger partial charge is 0.0872 e. The minimum Gasteiger partial charge on any atom is -0.388 e. The number of aliphatic hydroxyl groups is 1. The second-order valence-corrected chi connectivity index (χ2v) is 4.52. The third-order valence-corrected chi connectivity index (χ3v) is 2.01. The minimum absolute atomic E-state index is 0.224. The summed E-state index contributed by atoms with van der Waals surface area (Å²) < 4.78 is 0. The predicted molar refractivity (Wildman–Crippen MR) is 41.9 cm³/mol. The Balaban J connectivity index is 2.40. The van der Waals surface area contributed by atoms with E-state index in [-0.39, 0.29) is 5.54 Å². The monoisotopic (exact) mass is 143 g/mol. The van der Waals surface area contributed by atoms with Gasteiger partial charge in [-0.15, -0.1) is 0 Å². The predicted octanol–water partition coefficient (Wildman–Crippen LogP) is 0.852. The molecular weight excluding hydrogens is 126 g/mol. The molecule has 0 aliphatic carbocycles. The summed E-state index contributed by atoms with van der Waals surface area (Å²) in [6, 6.07) is 0. The highest BCUT2D eigenvalue weighted by Crippen LogP contribution is 2.27. The molecule has 0 amide bonds. The molecule has 1 N–H and O–H groups in total. The molecule has 2 nitrogen and oxygen atoms in total. The molecule has 0 radical (unpaired) electrons. The zero-order chi connectivity index (χ0) is 7.99. The Morgan fingerprint density at radius 2 is 1.70 bits per heavy atom. The van der Waals surface area contributed by atoms with E-state index >= 15 is 0 Å². The Morgan fingerprint density at radius 1 is 1.30 bits per heavy atom. The van der Waals surface area contributed by atoms with Crippen molar-refractivity contribution in [2.75, 3.05) is 13.1 Å². The van der Waals surface area contributed by atoms with Crippen LogP contribution < -0.4 is 0 Å². The highest BCUT2D eigenvalue weighted by Gasteiger charge is 2.41. The van der Waals surface area contributed by atoms with Crippen LogP contribution in [0.25, 0.3) is 0 Å². The SMILES string of the molecule is CC1(O)CN(C(C)(C)C)C1. The van der Waals surface area contributed by atoms with Gasteiger partial charge in [-0.05, 0) is 27.7 Å². The van der Waals surface area contributed by atoms with E-state index in [1.165, 1.54) is 0 Å². The van der Waals surface area contributed by atoms with E-state index in [9.17, 15) is 5.11 Å². The summed E-state index contributed by atoms with van der Waals surface area (Å²) >= 11 is 0. The average Bonchev–Trinajstić information content (AvgIpc) is 1.56. The Hall–Kier alpha value is -0.0800. The number of likely N-dealkylation sites (tertiary alicyclic amines) is 1. The maximum absolute atomic E-state index is 9.41. The number of rotatable bonds is 0. The van der Waals surface area contributed by atoms with E-state index in [0.29, 0.717) is 0 Å². The number of nitrogens with zero attached hydrogens (tertiary/aromatic N) is 1. The van der Waals surface area contributed by atoms with Crippen LogP contribution in [0.1, 0.15) is 27.7 Å². The first kappa shape index (κ1) is 8.02. The Morgan fingerprint density at radius 3 is 1.80 bits per heavy atom. The minimum atomic E-state index is -0.423. The lowest BCUT2D eigenvalue weighted by Gasteiger charge is -2.51. The maximum atomic E-state index is 9.41. The van der Waals surface area contributed by atoms with E-state index < -0.39 is 5.60 Å². The lowest BCUT2D eigenvalue weighted by atomic mass is 9.90. The Labute approximate surface area is 62.8 Å². The molecule has 0 unspecified atom stereocenters. The van der Waals surface area contributed by atoms with Gasteiger partial charge in [0.2, 0.25) is 0 Å². The zero-order valence-electron chi connectivity index (χ0n) is 7.31. The molecule has 1 fully saturated rings. The van der Waals surface area contributed by atoms with Crippen LogP contribution in [0.2, 0.25) is 0 Å². The van der Waals surface area contributed by atoms with Crippen molar-refractivity contribution < 1.29 is 5.11 Å².